The van der Waals surface area contributed by atoms with Crippen LogP contribution in [0.4, 0.5) is 11.6 Å². The number of methoxy groups -OCH3 is 1. The summed E-state index contributed by atoms with van der Waals surface area (Å²) in [7, 11) is 1.68. The highest BCUT2D eigenvalue weighted by molar-refractivity contribution is 5.50. The lowest BCUT2D eigenvalue weighted by molar-refractivity contribution is 0.181. The van der Waals surface area contributed by atoms with E-state index in [1.165, 1.54) is 0 Å². The van der Waals surface area contributed by atoms with Crippen LogP contribution in [0.1, 0.15) is 11.4 Å². The molecule has 3 aromatic rings. The molecule has 2 unspecified atom stereocenters. The average Bonchev–Trinajstić information content (AvgIpc) is 3.35. The van der Waals surface area contributed by atoms with Crippen molar-refractivity contribution in [3.63, 3.8) is 0 Å². The van der Waals surface area contributed by atoms with Crippen molar-refractivity contribution in [2.45, 2.75) is 13.5 Å². The van der Waals surface area contributed by atoms with Crippen LogP contribution in [0.3, 0.4) is 0 Å². The highest BCUT2D eigenvalue weighted by Gasteiger charge is 2.41. The fourth-order valence-electron chi connectivity index (χ4n) is 4.27. The topological polar surface area (TPSA) is 84.6 Å². The second-order valence-electron chi connectivity index (χ2n) is 7.36. The van der Waals surface area contributed by atoms with E-state index in [-0.39, 0.29) is 0 Å². The van der Waals surface area contributed by atoms with Crippen LogP contribution in [0.15, 0.2) is 24.8 Å². The van der Waals surface area contributed by atoms with Crippen LogP contribution in [0.25, 0.3) is 5.78 Å². The van der Waals surface area contributed by atoms with Gasteiger partial charge in [0.25, 0.3) is 5.78 Å². The van der Waals surface area contributed by atoms with Crippen LogP contribution in [0, 0.1) is 18.8 Å². The van der Waals surface area contributed by atoms with Crippen molar-refractivity contribution in [1.82, 2.24) is 29.5 Å². The Morgan fingerprint density at radius 3 is 2.52 bits per heavy atom. The first kappa shape index (κ1) is 16.4. The fourth-order valence-corrected chi connectivity index (χ4v) is 4.27. The van der Waals surface area contributed by atoms with Crippen molar-refractivity contribution >= 4 is 17.4 Å². The molecule has 2 aliphatic heterocycles. The Labute approximate surface area is 157 Å². The zero-order valence-electron chi connectivity index (χ0n) is 15.5. The molecule has 0 bridgehead atoms. The maximum atomic E-state index is 5.26. The molecule has 9 nitrogen and oxygen atoms in total. The molecule has 0 amide bonds. The highest BCUT2D eigenvalue weighted by Crippen LogP contribution is 2.35. The third-order valence-electron chi connectivity index (χ3n) is 5.50. The zero-order chi connectivity index (χ0) is 18.4. The Balaban J connectivity index is 1.37. The molecule has 2 atom stereocenters. The minimum atomic E-state index is 0.470. The third-order valence-corrected chi connectivity index (χ3v) is 5.50. The number of aryl methyl sites for hydroxylation is 1. The lowest BCUT2D eigenvalue weighted by Gasteiger charge is -2.24. The molecular weight excluding hydrogens is 344 g/mol. The van der Waals surface area contributed by atoms with Gasteiger partial charge in [-0.05, 0) is 6.92 Å². The summed E-state index contributed by atoms with van der Waals surface area (Å²) in [6.45, 7) is 6.52. The molecule has 0 spiro atoms. The summed E-state index contributed by atoms with van der Waals surface area (Å²) in [5.41, 5.74) is 1.89. The third kappa shape index (κ3) is 2.87. The molecule has 9 heteroatoms. The SMILES string of the molecule is COCc1cc(N2CC3CN(c4cc(C)ncn4)CC3C2)n2ncnc2n1. The van der Waals surface area contributed by atoms with E-state index in [2.05, 4.69) is 47.0 Å². The molecule has 0 N–H and O–H groups in total. The van der Waals surface area contributed by atoms with Gasteiger partial charge in [-0.1, -0.05) is 0 Å². The van der Waals surface area contributed by atoms with Gasteiger partial charge in [0.2, 0.25) is 0 Å². The molecular formula is C18H22N8O. The number of anilines is 2. The van der Waals surface area contributed by atoms with Crippen LogP contribution in [-0.2, 0) is 11.3 Å². The van der Waals surface area contributed by atoms with Crippen LogP contribution in [-0.4, -0.2) is 62.8 Å². The number of rotatable bonds is 4. The van der Waals surface area contributed by atoms with Crippen molar-refractivity contribution in [2.75, 3.05) is 43.1 Å². The summed E-state index contributed by atoms with van der Waals surface area (Å²) in [5.74, 6) is 3.92. The van der Waals surface area contributed by atoms with E-state index < -0.39 is 0 Å². The number of aromatic nitrogens is 6. The first-order valence-electron chi connectivity index (χ1n) is 9.18. The maximum absolute atomic E-state index is 5.26. The zero-order valence-corrected chi connectivity index (χ0v) is 15.5. The van der Waals surface area contributed by atoms with Gasteiger partial charge >= 0.3 is 0 Å². The number of nitrogens with zero attached hydrogens (tertiary/aromatic N) is 8. The van der Waals surface area contributed by atoms with Gasteiger partial charge in [0, 0.05) is 63.0 Å². The highest BCUT2D eigenvalue weighted by atomic mass is 16.5. The normalized spacial score (nSPS) is 22.0. The first-order valence-corrected chi connectivity index (χ1v) is 9.18. The molecule has 5 rings (SSSR count). The molecule has 3 aromatic heterocycles. The molecule has 2 aliphatic rings. The first-order chi connectivity index (χ1) is 13.2. The number of ether oxygens (including phenoxy) is 1. The van der Waals surface area contributed by atoms with Gasteiger partial charge in [-0.15, -0.1) is 0 Å². The Morgan fingerprint density at radius 1 is 1.00 bits per heavy atom. The Hall–Kier alpha value is -2.81. The van der Waals surface area contributed by atoms with Crippen LogP contribution < -0.4 is 9.80 Å². The van der Waals surface area contributed by atoms with Crippen molar-refractivity contribution < 1.29 is 4.74 Å². The molecule has 0 aliphatic carbocycles. The molecule has 140 valence electrons. The van der Waals surface area contributed by atoms with Crippen molar-refractivity contribution in [3.05, 3.63) is 36.2 Å². The Bertz CT molecular complexity index is 959. The smallest absolute Gasteiger partial charge is 0.254 e. The van der Waals surface area contributed by atoms with E-state index >= 15 is 0 Å². The van der Waals surface area contributed by atoms with Gasteiger partial charge in [-0.2, -0.15) is 14.6 Å². The predicted molar refractivity (Wildman–Crippen MR) is 99.7 cm³/mol. The molecule has 2 saturated heterocycles. The number of hydrogen-bond acceptors (Lipinski definition) is 8. The second kappa shape index (κ2) is 6.41. The quantitative estimate of drug-likeness (QED) is 0.675. The van der Waals surface area contributed by atoms with Gasteiger partial charge in [0.15, 0.2) is 0 Å². The minimum absolute atomic E-state index is 0.470. The van der Waals surface area contributed by atoms with Crippen molar-refractivity contribution in [2.24, 2.45) is 11.8 Å². The van der Waals surface area contributed by atoms with E-state index in [0.717, 1.165) is 49.2 Å². The molecule has 0 radical (unpaired) electrons. The van der Waals surface area contributed by atoms with Gasteiger partial charge in [0.1, 0.15) is 24.3 Å². The van der Waals surface area contributed by atoms with E-state index in [9.17, 15) is 0 Å². The van der Waals surface area contributed by atoms with Gasteiger partial charge in [-0.25, -0.2) is 15.0 Å². The largest absolute Gasteiger partial charge is 0.378 e. The Morgan fingerprint density at radius 2 is 1.78 bits per heavy atom. The summed E-state index contributed by atoms with van der Waals surface area (Å²) < 4.78 is 7.09. The van der Waals surface area contributed by atoms with Crippen LogP contribution in [0.5, 0.6) is 0 Å². The molecule has 27 heavy (non-hydrogen) atoms. The fraction of sp³-hybridized carbons (Fsp3) is 0.500. The van der Waals surface area contributed by atoms with E-state index in [4.69, 9.17) is 4.74 Å². The summed E-state index contributed by atoms with van der Waals surface area (Å²) in [5, 5.41) is 4.36. The molecule has 0 saturated carbocycles. The monoisotopic (exact) mass is 366 g/mol. The van der Waals surface area contributed by atoms with Gasteiger partial charge < -0.3 is 14.5 Å². The van der Waals surface area contributed by atoms with Crippen LogP contribution >= 0.6 is 0 Å². The van der Waals surface area contributed by atoms with E-state index in [1.54, 1.807) is 19.8 Å². The lowest BCUT2D eigenvalue weighted by atomic mass is 10.0. The maximum Gasteiger partial charge on any atom is 0.254 e. The average molecular weight is 366 g/mol. The Kier molecular flexibility index (Phi) is 3.89. The molecule has 5 heterocycles. The van der Waals surface area contributed by atoms with Gasteiger partial charge in [0.05, 0.1) is 12.3 Å². The number of fused-ring (bicyclic) bond motifs is 2. The van der Waals surface area contributed by atoms with Crippen molar-refractivity contribution in [1.29, 1.82) is 0 Å². The van der Waals surface area contributed by atoms with Crippen molar-refractivity contribution in [3.8, 4) is 0 Å². The molecule has 2 fully saturated rings. The minimum Gasteiger partial charge on any atom is -0.378 e. The number of hydrogen-bond donors (Lipinski definition) is 0. The van der Waals surface area contributed by atoms with Crippen LogP contribution in [0.2, 0.25) is 0 Å². The summed E-state index contributed by atoms with van der Waals surface area (Å²) in [6.07, 6.45) is 3.21. The summed E-state index contributed by atoms with van der Waals surface area (Å²) >= 11 is 0. The summed E-state index contributed by atoms with van der Waals surface area (Å²) in [4.78, 5) is 22.2. The van der Waals surface area contributed by atoms with E-state index in [0.29, 0.717) is 24.2 Å². The predicted octanol–water partition coefficient (Wildman–Crippen LogP) is 0.942. The van der Waals surface area contributed by atoms with E-state index in [1.807, 2.05) is 11.4 Å². The standard InChI is InChI=1S/C18H22N8O/c1-12-3-16(20-10-19-12)24-5-13-7-25(8-14(13)6-24)17-4-15(9-27-2)23-18-21-11-22-26(17)18/h3-4,10-11,13-14H,5-9H2,1-2H3. The second-order valence-corrected chi connectivity index (χ2v) is 7.36. The lowest BCUT2D eigenvalue weighted by Crippen LogP contribution is -2.30. The van der Waals surface area contributed by atoms with Gasteiger partial charge in [-0.3, -0.25) is 0 Å². The summed E-state index contributed by atoms with van der Waals surface area (Å²) in [6, 6.07) is 4.13. The molecule has 0 aromatic carbocycles.